The molecule has 4 unspecified atom stereocenters. The van der Waals surface area contributed by atoms with E-state index in [0.29, 0.717) is 6.61 Å². The second-order valence-corrected chi connectivity index (χ2v) is 7.21. The van der Waals surface area contributed by atoms with Crippen LogP contribution >= 0.6 is 0 Å². The third-order valence-corrected chi connectivity index (χ3v) is 4.61. The van der Waals surface area contributed by atoms with Gasteiger partial charge in [0.05, 0.1) is 24.9 Å². The van der Waals surface area contributed by atoms with E-state index in [0.717, 1.165) is 17.7 Å². The van der Waals surface area contributed by atoms with Gasteiger partial charge >= 0.3 is 0 Å². The van der Waals surface area contributed by atoms with E-state index >= 15 is 0 Å². The molecule has 0 aliphatic carbocycles. The molecule has 4 nitrogen and oxygen atoms in total. The van der Waals surface area contributed by atoms with Gasteiger partial charge < -0.3 is 14.2 Å². The van der Waals surface area contributed by atoms with Crippen molar-refractivity contribution >= 4 is 5.71 Å². The fourth-order valence-corrected chi connectivity index (χ4v) is 2.98. The summed E-state index contributed by atoms with van der Waals surface area (Å²) in [6, 6.07) is 20.6. The van der Waals surface area contributed by atoms with E-state index < -0.39 is 6.29 Å². The topological polar surface area (TPSA) is 40.0 Å². The van der Waals surface area contributed by atoms with Crippen LogP contribution in [0.5, 0.6) is 0 Å². The molecule has 0 bridgehead atoms. The summed E-state index contributed by atoms with van der Waals surface area (Å²) in [5.74, 6) is 0. The third-order valence-electron chi connectivity index (χ3n) is 4.61. The van der Waals surface area contributed by atoms with Crippen molar-refractivity contribution in [3.63, 3.8) is 0 Å². The van der Waals surface area contributed by atoms with Crippen molar-refractivity contribution in [1.29, 1.82) is 0 Å². The lowest BCUT2D eigenvalue weighted by Crippen LogP contribution is -2.27. The maximum atomic E-state index is 5.99. The molecule has 2 aromatic rings. The summed E-state index contributed by atoms with van der Waals surface area (Å²) in [6.07, 6.45) is 0.386. The number of nitrogens with zero attached hydrogens (tertiary/aromatic N) is 1. The SMILES string of the molecule is COC(OC(C)COC(C)C(C)=NC(C)Cc1ccccc1)c1ccccc1. The molecule has 0 heterocycles. The van der Waals surface area contributed by atoms with Gasteiger partial charge in [0, 0.05) is 18.4 Å². The molecule has 0 saturated carbocycles. The smallest absolute Gasteiger partial charge is 0.183 e. The fourth-order valence-electron chi connectivity index (χ4n) is 2.98. The summed E-state index contributed by atoms with van der Waals surface area (Å²) in [7, 11) is 1.65. The second kappa shape index (κ2) is 11.7. The van der Waals surface area contributed by atoms with Crippen molar-refractivity contribution in [3.8, 4) is 0 Å². The molecule has 0 amide bonds. The van der Waals surface area contributed by atoms with Crippen molar-refractivity contribution in [3.05, 3.63) is 71.8 Å². The van der Waals surface area contributed by atoms with Crippen molar-refractivity contribution < 1.29 is 14.2 Å². The Bertz CT molecular complexity index is 702. The van der Waals surface area contributed by atoms with Crippen LogP contribution in [0.1, 0.15) is 45.1 Å². The predicted molar refractivity (Wildman–Crippen MR) is 115 cm³/mol. The molecule has 2 rings (SSSR count). The molecule has 0 aromatic heterocycles. The van der Waals surface area contributed by atoms with Crippen LogP contribution in [0.2, 0.25) is 0 Å². The highest BCUT2D eigenvalue weighted by atomic mass is 16.7. The van der Waals surface area contributed by atoms with E-state index in [1.54, 1.807) is 7.11 Å². The lowest BCUT2D eigenvalue weighted by molar-refractivity contribution is -0.169. The normalized spacial score (nSPS) is 16.4. The van der Waals surface area contributed by atoms with Crippen LogP contribution in [0.3, 0.4) is 0 Å². The maximum Gasteiger partial charge on any atom is 0.183 e. The highest BCUT2D eigenvalue weighted by molar-refractivity contribution is 5.86. The van der Waals surface area contributed by atoms with E-state index in [4.69, 9.17) is 19.2 Å². The van der Waals surface area contributed by atoms with Crippen LogP contribution in [0.25, 0.3) is 0 Å². The van der Waals surface area contributed by atoms with Gasteiger partial charge in [0.2, 0.25) is 0 Å². The Morgan fingerprint density at radius 2 is 1.54 bits per heavy atom. The Labute approximate surface area is 169 Å². The molecule has 0 N–H and O–H groups in total. The number of rotatable bonds is 11. The molecule has 28 heavy (non-hydrogen) atoms. The summed E-state index contributed by atoms with van der Waals surface area (Å²) in [6.45, 7) is 8.67. The Balaban J connectivity index is 1.80. The van der Waals surface area contributed by atoms with Crippen LogP contribution in [-0.4, -0.2) is 37.7 Å². The summed E-state index contributed by atoms with van der Waals surface area (Å²) >= 11 is 0. The molecule has 2 aromatic carbocycles. The number of aliphatic imine (C=N–C) groups is 1. The van der Waals surface area contributed by atoms with Crippen molar-refractivity contribution in [2.45, 2.75) is 58.7 Å². The summed E-state index contributed by atoms with van der Waals surface area (Å²) in [5, 5.41) is 0. The summed E-state index contributed by atoms with van der Waals surface area (Å²) in [5.41, 5.74) is 3.30. The van der Waals surface area contributed by atoms with Crippen molar-refractivity contribution in [2.24, 2.45) is 4.99 Å². The van der Waals surface area contributed by atoms with Gasteiger partial charge in [0.1, 0.15) is 0 Å². The Morgan fingerprint density at radius 1 is 0.929 bits per heavy atom. The highest BCUT2D eigenvalue weighted by Crippen LogP contribution is 2.19. The molecule has 4 heteroatoms. The minimum Gasteiger partial charge on any atom is -0.370 e. The number of hydrogen-bond acceptors (Lipinski definition) is 4. The van der Waals surface area contributed by atoms with E-state index in [1.807, 2.05) is 57.2 Å². The third kappa shape index (κ3) is 7.55. The average Bonchev–Trinajstić information content (AvgIpc) is 2.71. The van der Waals surface area contributed by atoms with Gasteiger partial charge in [-0.25, -0.2) is 0 Å². The van der Waals surface area contributed by atoms with Gasteiger partial charge in [-0.2, -0.15) is 0 Å². The average molecular weight is 384 g/mol. The minimum absolute atomic E-state index is 0.0537. The molecule has 4 atom stereocenters. The lowest BCUT2D eigenvalue weighted by Gasteiger charge is -2.23. The highest BCUT2D eigenvalue weighted by Gasteiger charge is 2.16. The molecule has 152 valence electrons. The Kier molecular flexibility index (Phi) is 9.35. The zero-order chi connectivity index (χ0) is 20.4. The van der Waals surface area contributed by atoms with Crippen molar-refractivity contribution in [2.75, 3.05) is 13.7 Å². The molecule has 0 fully saturated rings. The second-order valence-electron chi connectivity index (χ2n) is 7.21. The zero-order valence-electron chi connectivity index (χ0n) is 17.7. The van der Waals surface area contributed by atoms with Gasteiger partial charge in [0.25, 0.3) is 0 Å². The molecule has 0 radical (unpaired) electrons. The zero-order valence-corrected chi connectivity index (χ0v) is 17.7. The van der Waals surface area contributed by atoms with Gasteiger partial charge in [-0.15, -0.1) is 0 Å². The van der Waals surface area contributed by atoms with Crippen LogP contribution < -0.4 is 0 Å². The quantitative estimate of drug-likeness (QED) is 0.394. The van der Waals surface area contributed by atoms with Crippen LogP contribution in [0.15, 0.2) is 65.7 Å². The van der Waals surface area contributed by atoms with Crippen molar-refractivity contribution in [1.82, 2.24) is 0 Å². The van der Waals surface area contributed by atoms with E-state index in [2.05, 4.69) is 31.2 Å². The van der Waals surface area contributed by atoms with Gasteiger partial charge in [-0.3, -0.25) is 4.99 Å². The summed E-state index contributed by atoms with van der Waals surface area (Å²) in [4.78, 5) is 4.80. The van der Waals surface area contributed by atoms with Gasteiger partial charge in [-0.1, -0.05) is 60.7 Å². The molecule has 0 aliphatic heterocycles. The molecule has 0 spiro atoms. The first kappa shape index (κ1) is 22.3. The predicted octanol–water partition coefficient (Wildman–Crippen LogP) is 5.23. The number of hydrogen-bond donors (Lipinski definition) is 0. The maximum absolute atomic E-state index is 5.99. The number of benzene rings is 2. The first-order valence-corrected chi connectivity index (χ1v) is 9.92. The largest absolute Gasteiger partial charge is 0.370 e. The molecule has 0 aliphatic rings. The van der Waals surface area contributed by atoms with Crippen LogP contribution in [-0.2, 0) is 20.6 Å². The van der Waals surface area contributed by atoms with Gasteiger partial charge in [-0.05, 0) is 39.7 Å². The first-order valence-electron chi connectivity index (χ1n) is 9.92. The van der Waals surface area contributed by atoms with Gasteiger partial charge in [0.15, 0.2) is 6.29 Å². The minimum atomic E-state index is -0.393. The fraction of sp³-hybridized carbons (Fsp3) is 0.458. The van der Waals surface area contributed by atoms with E-state index in [-0.39, 0.29) is 18.2 Å². The Hall–Kier alpha value is -2.01. The molecular formula is C24H33NO3. The number of ether oxygens (including phenoxy) is 3. The molecule has 0 saturated heterocycles. The molecular weight excluding hydrogens is 350 g/mol. The Morgan fingerprint density at radius 3 is 2.14 bits per heavy atom. The monoisotopic (exact) mass is 383 g/mol. The summed E-state index contributed by atoms with van der Waals surface area (Å²) < 4.78 is 17.4. The standard InChI is InChI=1S/C24H33NO3/c1-18(16-22-12-8-6-9-13-22)25-20(3)21(4)27-17-19(2)28-24(26-5)23-14-10-7-11-15-23/h6-15,18-19,21,24H,16-17H2,1-5H3. The van der Waals surface area contributed by atoms with E-state index in [1.165, 1.54) is 5.56 Å². The number of methoxy groups -OCH3 is 1. The van der Waals surface area contributed by atoms with Crippen LogP contribution in [0, 0.1) is 0 Å². The van der Waals surface area contributed by atoms with Crippen LogP contribution in [0.4, 0.5) is 0 Å². The van der Waals surface area contributed by atoms with E-state index in [9.17, 15) is 0 Å². The first-order chi connectivity index (χ1) is 13.5. The lowest BCUT2D eigenvalue weighted by atomic mass is 10.1.